The number of allylic oxidation sites excluding steroid dienone is 1. The van der Waals surface area contributed by atoms with Crippen LogP contribution in [0.25, 0.3) is 0 Å². The second-order valence-corrected chi connectivity index (χ2v) is 8.54. The van der Waals surface area contributed by atoms with Crippen LogP contribution in [0.3, 0.4) is 0 Å². The van der Waals surface area contributed by atoms with E-state index < -0.39 is 17.6 Å². The minimum Gasteiger partial charge on any atom is -0.497 e. The number of rotatable bonds is 5. The molecule has 3 aliphatic rings. The van der Waals surface area contributed by atoms with Crippen molar-refractivity contribution in [3.05, 3.63) is 41.2 Å². The number of benzene rings is 1. The number of hydrogen-bond acceptors (Lipinski definition) is 5. The SMILES string of the molecule is COc1cccc(C2(O)CCN(CC(O)C3=C(F)C4CCC(=O)N=C4CC3)CC2)c1. The van der Waals surface area contributed by atoms with E-state index in [9.17, 15) is 19.4 Å². The third-order valence-corrected chi connectivity index (χ3v) is 6.70. The molecule has 2 aliphatic heterocycles. The predicted octanol–water partition coefficient (Wildman–Crippen LogP) is 2.73. The van der Waals surface area contributed by atoms with Crippen molar-refractivity contribution in [1.29, 1.82) is 0 Å². The first-order valence-electron chi connectivity index (χ1n) is 10.7. The fraction of sp³-hybridized carbons (Fsp3) is 0.565. The van der Waals surface area contributed by atoms with Crippen molar-refractivity contribution in [1.82, 2.24) is 4.90 Å². The van der Waals surface area contributed by atoms with Gasteiger partial charge in [0.05, 0.1) is 18.8 Å². The summed E-state index contributed by atoms with van der Waals surface area (Å²) >= 11 is 0. The van der Waals surface area contributed by atoms with Gasteiger partial charge in [0, 0.05) is 37.7 Å². The fourth-order valence-electron chi connectivity index (χ4n) is 4.82. The van der Waals surface area contributed by atoms with Crippen LogP contribution in [0, 0.1) is 5.92 Å². The van der Waals surface area contributed by atoms with Gasteiger partial charge in [-0.1, -0.05) is 12.1 Å². The van der Waals surface area contributed by atoms with E-state index in [4.69, 9.17) is 4.74 Å². The second kappa shape index (κ2) is 8.57. The molecule has 1 fully saturated rings. The summed E-state index contributed by atoms with van der Waals surface area (Å²) in [6.07, 6.45) is 1.83. The van der Waals surface area contributed by atoms with Crippen molar-refractivity contribution in [3.8, 4) is 5.75 Å². The van der Waals surface area contributed by atoms with Crippen molar-refractivity contribution < 1.29 is 24.1 Å². The van der Waals surface area contributed by atoms with Crippen molar-refractivity contribution in [3.63, 3.8) is 0 Å². The molecule has 0 radical (unpaired) electrons. The lowest BCUT2D eigenvalue weighted by Gasteiger charge is -2.40. The Morgan fingerprint density at radius 3 is 2.80 bits per heavy atom. The van der Waals surface area contributed by atoms with E-state index in [0.717, 1.165) is 5.56 Å². The molecular weight excluding hydrogens is 387 g/mol. The van der Waals surface area contributed by atoms with Crippen LogP contribution in [0.4, 0.5) is 4.39 Å². The third kappa shape index (κ3) is 4.19. The number of piperidine rings is 1. The second-order valence-electron chi connectivity index (χ2n) is 8.54. The Kier molecular flexibility index (Phi) is 6.04. The van der Waals surface area contributed by atoms with Crippen LogP contribution in [0.1, 0.15) is 44.1 Å². The first kappa shape index (κ1) is 21.2. The number of nitrogens with zero attached hydrogens (tertiary/aromatic N) is 2. The number of carbonyl (C=O) groups is 1. The summed E-state index contributed by atoms with van der Waals surface area (Å²) < 4.78 is 20.3. The van der Waals surface area contributed by atoms with E-state index in [1.807, 2.05) is 24.3 Å². The lowest BCUT2D eigenvalue weighted by molar-refractivity contribution is -0.118. The fourth-order valence-corrected chi connectivity index (χ4v) is 4.82. The number of β-amino-alcohol motifs (C(OH)–C–C–N with tert-alkyl or cyclic N) is 1. The van der Waals surface area contributed by atoms with Gasteiger partial charge < -0.3 is 19.8 Å². The van der Waals surface area contributed by atoms with Crippen molar-refractivity contribution in [2.24, 2.45) is 10.9 Å². The van der Waals surface area contributed by atoms with Crippen molar-refractivity contribution in [2.75, 3.05) is 26.7 Å². The number of carbonyl (C=O) groups excluding carboxylic acids is 1. The van der Waals surface area contributed by atoms with Gasteiger partial charge in [0.15, 0.2) is 0 Å². The Morgan fingerprint density at radius 1 is 1.30 bits per heavy atom. The number of methoxy groups -OCH3 is 1. The smallest absolute Gasteiger partial charge is 0.245 e. The summed E-state index contributed by atoms with van der Waals surface area (Å²) in [5, 5.41) is 21.8. The summed E-state index contributed by atoms with van der Waals surface area (Å²) in [5.74, 6) is -0.203. The van der Waals surface area contributed by atoms with E-state index in [0.29, 0.717) is 68.8 Å². The molecule has 162 valence electrons. The first-order valence-corrected chi connectivity index (χ1v) is 10.7. The number of ether oxygens (including phenoxy) is 1. The lowest BCUT2D eigenvalue weighted by atomic mass is 9.80. The zero-order valence-corrected chi connectivity index (χ0v) is 17.3. The van der Waals surface area contributed by atoms with Gasteiger partial charge in [0.2, 0.25) is 5.91 Å². The average Bonchev–Trinajstić information content (AvgIpc) is 2.75. The number of halogens is 1. The summed E-state index contributed by atoms with van der Waals surface area (Å²) in [4.78, 5) is 17.6. The molecule has 30 heavy (non-hydrogen) atoms. The maximum Gasteiger partial charge on any atom is 0.245 e. The van der Waals surface area contributed by atoms with Gasteiger partial charge in [0.1, 0.15) is 11.6 Å². The van der Waals surface area contributed by atoms with E-state index in [1.165, 1.54) is 0 Å². The molecule has 0 bridgehead atoms. The molecule has 4 rings (SSSR count). The molecule has 1 aliphatic carbocycles. The Balaban J connectivity index is 1.38. The molecule has 1 aromatic rings. The predicted molar refractivity (Wildman–Crippen MR) is 111 cm³/mol. The largest absolute Gasteiger partial charge is 0.497 e. The molecular formula is C23H29FN2O4. The van der Waals surface area contributed by atoms with E-state index in [1.54, 1.807) is 7.11 Å². The number of hydrogen-bond donors (Lipinski definition) is 2. The van der Waals surface area contributed by atoms with Gasteiger partial charge in [-0.15, -0.1) is 0 Å². The molecule has 2 heterocycles. The molecule has 2 atom stereocenters. The summed E-state index contributed by atoms with van der Waals surface area (Å²) in [6.45, 7) is 1.57. The molecule has 7 heteroatoms. The average molecular weight is 416 g/mol. The number of aliphatic hydroxyl groups is 2. The monoisotopic (exact) mass is 416 g/mol. The van der Waals surface area contributed by atoms with Crippen molar-refractivity contribution >= 4 is 11.6 Å². The Bertz CT molecular complexity index is 874. The molecule has 1 saturated heterocycles. The maximum absolute atomic E-state index is 15.0. The van der Waals surface area contributed by atoms with E-state index in [-0.39, 0.29) is 18.2 Å². The zero-order valence-electron chi connectivity index (χ0n) is 17.3. The van der Waals surface area contributed by atoms with Crippen LogP contribution in [-0.4, -0.2) is 59.6 Å². The molecule has 0 saturated carbocycles. The normalized spacial score (nSPS) is 25.5. The Morgan fingerprint density at radius 2 is 2.07 bits per heavy atom. The lowest BCUT2D eigenvalue weighted by Crippen LogP contribution is -2.45. The highest BCUT2D eigenvalue weighted by atomic mass is 19.1. The standard InChI is InChI=1S/C23H29FN2O4/c1-30-16-4-2-3-15(13-16)23(29)9-11-26(12-10-23)14-20(27)18-5-7-19-17(22(18)24)6-8-21(28)25-19/h2-4,13,17,20,27,29H,5-12,14H2,1H3. The van der Waals surface area contributed by atoms with Gasteiger partial charge >= 0.3 is 0 Å². The third-order valence-electron chi connectivity index (χ3n) is 6.70. The van der Waals surface area contributed by atoms with Gasteiger partial charge in [-0.3, -0.25) is 4.79 Å². The highest BCUT2D eigenvalue weighted by Crippen LogP contribution is 2.38. The minimum atomic E-state index is -0.925. The number of likely N-dealkylation sites (tertiary alicyclic amines) is 1. The topological polar surface area (TPSA) is 82.4 Å². The van der Waals surface area contributed by atoms with Gasteiger partial charge in [0.25, 0.3) is 0 Å². The quantitative estimate of drug-likeness (QED) is 0.771. The number of fused-ring (bicyclic) bond motifs is 1. The molecule has 1 amide bonds. The van der Waals surface area contributed by atoms with Crippen LogP contribution in [-0.2, 0) is 10.4 Å². The summed E-state index contributed by atoms with van der Waals surface area (Å²) in [7, 11) is 1.60. The number of amides is 1. The highest BCUT2D eigenvalue weighted by molar-refractivity contribution is 6.01. The van der Waals surface area contributed by atoms with Crippen LogP contribution < -0.4 is 4.74 Å². The van der Waals surface area contributed by atoms with Gasteiger partial charge in [-0.2, -0.15) is 0 Å². The molecule has 0 spiro atoms. The van der Waals surface area contributed by atoms with Crippen LogP contribution in [0.15, 0.2) is 40.7 Å². The Labute approximate surface area is 176 Å². The maximum atomic E-state index is 15.0. The Hall–Kier alpha value is -2.09. The van der Waals surface area contributed by atoms with Crippen molar-refractivity contribution in [2.45, 2.75) is 50.2 Å². The zero-order chi connectivity index (χ0) is 21.3. The summed E-state index contributed by atoms with van der Waals surface area (Å²) in [5.41, 5.74) is 0.982. The molecule has 0 aromatic heterocycles. The molecule has 2 N–H and O–H groups in total. The van der Waals surface area contributed by atoms with Gasteiger partial charge in [-0.05, 0) is 55.4 Å². The van der Waals surface area contributed by atoms with Crippen LogP contribution in [0.2, 0.25) is 0 Å². The van der Waals surface area contributed by atoms with E-state index >= 15 is 0 Å². The molecule has 6 nitrogen and oxygen atoms in total. The summed E-state index contributed by atoms with van der Waals surface area (Å²) in [6, 6.07) is 7.49. The van der Waals surface area contributed by atoms with E-state index in [2.05, 4.69) is 9.89 Å². The number of aliphatic imine (C=N–C) groups is 1. The van der Waals surface area contributed by atoms with Crippen LogP contribution in [0.5, 0.6) is 5.75 Å². The number of aliphatic hydroxyl groups excluding tert-OH is 1. The van der Waals surface area contributed by atoms with Gasteiger partial charge in [-0.25, -0.2) is 9.38 Å². The highest BCUT2D eigenvalue weighted by Gasteiger charge is 2.37. The molecule has 2 unspecified atom stereocenters. The van der Waals surface area contributed by atoms with Crippen LogP contribution >= 0.6 is 0 Å². The molecule has 1 aromatic carbocycles. The first-order chi connectivity index (χ1) is 14.4. The minimum absolute atomic E-state index is 0.171.